The van der Waals surface area contributed by atoms with Crippen LogP contribution in [0, 0.1) is 5.82 Å². The fourth-order valence-corrected chi connectivity index (χ4v) is 3.66. The first-order valence-corrected chi connectivity index (χ1v) is 9.15. The van der Waals surface area contributed by atoms with Crippen LogP contribution in [0.25, 0.3) is 0 Å². The van der Waals surface area contributed by atoms with Gasteiger partial charge >= 0.3 is 6.18 Å². The molecule has 0 spiro atoms. The zero-order chi connectivity index (χ0) is 20.1. The number of ether oxygens (including phenoxy) is 2. The monoisotopic (exact) mass is 397 g/mol. The van der Waals surface area contributed by atoms with Crippen molar-refractivity contribution in [2.75, 3.05) is 20.3 Å². The van der Waals surface area contributed by atoms with Gasteiger partial charge in [0.2, 0.25) is 0 Å². The molecule has 1 unspecified atom stereocenters. The average molecular weight is 397 g/mol. The first-order valence-electron chi connectivity index (χ1n) is 9.15. The molecule has 2 aromatic carbocycles. The molecule has 28 heavy (non-hydrogen) atoms. The Balaban J connectivity index is 1.71. The minimum Gasteiger partial charge on any atom is -0.496 e. The lowest BCUT2D eigenvalue weighted by molar-refractivity contribution is -0.176. The van der Waals surface area contributed by atoms with Crippen LogP contribution in [0.5, 0.6) is 5.75 Å². The molecule has 3 rings (SSSR count). The Labute approximate surface area is 161 Å². The van der Waals surface area contributed by atoms with Crippen molar-refractivity contribution in [1.29, 1.82) is 0 Å². The Hall–Kier alpha value is -2.12. The molecule has 7 heteroatoms. The molecule has 3 nitrogen and oxygen atoms in total. The Morgan fingerprint density at radius 2 is 1.96 bits per heavy atom. The van der Waals surface area contributed by atoms with Crippen LogP contribution >= 0.6 is 0 Å². The van der Waals surface area contributed by atoms with Gasteiger partial charge < -0.3 is 9.47 Å². The summed E-state index contributed by atoms with van der Waals surface area (Å²) in [5.74, 6) is 0.243. The molecule has 1 aliphatic rings. The van der Waals surface area contributed by atoms with Crippen LogP contribution in [0.3, 0.4) is 0 Å². The van der Waals surface area contributed by atoms with E-state index in [9.17, 15) is 17.6 Å². The summed E-state index contributed by atoms with van der Waals surface area (Å²) in [6.45, 7) is 0.0303. The van der Waals surface area contributed by atoms with Crippen LogP contribution in [0.1, 0.15) is 35.6 Å². The molecule has 2 aromatic rings. The number of hydrogen-bond acceptors (Lipinski definition) is 3. The van der Waals surface area contributed by atoms with Crippen LogP contribution in [-0.4, -0.2) is 31.3 Å². The van der Waals surface area contributed by atoms with Gasteiger partial charge in [0.15, 0.2) is 0 Å². The van der Waals surface area contributed by atoms with Crippen molar-refractivity contribution in [1.82, 2.24) is 4.90 Å². The van der Waals surface area contributed by atoms with Crippen LogP contribution in [0.4, 0.5) is 17.6 Å². The number of hydrogen-bond donors (Lipinski definition) is 0. The zero-order valence-corrected chi connectivity index (χ0v) is 15.6. The van der Waals surface area contributed by atoms with E-state index in [2.05, 4.69) is 4.90 Å². The molecule has 152 valence electrons. The summed E-state index contributed by atoms with van der Waals surface area (Å²) in [6, 6.07) is 12.2. The summed E-state index contributed by atoms with van der Waals surface area (Å²) in [5.41, 5.74) is 2.47. The van der Waals surface area contributed by atoms with Gasteiger partial charge in [-0.3, -0.25) is 4.90 Å². The lowest BCUT2D eigenvalue weighted by Gasteiger charge is -2.25. The van der Waals surface area contributed by atoms with Gasteiger partial charge in [-0.25, -0.2) is 4.39 Å². The third kappa shape index (κ3) is 5.45. The van der Waals surface area contributed by atoms with Gasteiger partial charge in [-0.2, -0.15) is 13.2 Å². The summed E-state index contributed by atoms with van der Waals surface area (Å²) >= 11 is 0. The second-order valence-corrected chi connectivity index (χ2v) is 6.94. The van der Waals surface area contributed by atoms with Crippen molar-refractivity contribution in [2.45, 2.75) is 38.2 Å². The Bertz CT molecular complexity index is 794. The second-order valence-electron chi connectivity index (χ2n) is 6.94. The standard InChI is InChI=1S/C21H23F4NO2/c1-27-20-8-7-15(10-17(20)13-28-14-21(23,24)25)12-26-9-3-6-19(26)16-4-2-5-18(22)11-16/h2,4-5,7-8,10-11,19H,3,6,9,12-14H2,1H3. The predicted octanol–water partition coefficient (Wildman–Crippen LogP) is 5.25. The zero-order valence-electron chi connectivity index (χ0n) is 15.6. The Morgan fingerprint density at radius 3 is 2.68 bits per heavy atom. The van der Waals surface area contributed by atoms with Crippen molar-refractivity contribution in [3.63, 3.8) is 0 Å². The maximum atomic E-state index is 13.6. The normalized spacial score (nSPS) is 17.8. The second kappa shape index (κ2) is 8.92. The summed E-state index contributed by atoms with van der Waals surface area (Å²) in [4.78, 5) is 2.26. The Kier molecular flexibility index (Phi) is 6.57. The van der Waals surface area contributed by atoms with E-state index in [1.54, 1.807) is 18.2 Å². The van der Waals surface area contributed by atoms with Crippen molar-refractivity contribution in [3.8, 4) is 5.75 Å². The largest absolute Gasteiger partial charge is 0.496 e. The van der Waals surface area contributed by atoms with Gasteiger partial charge in [0.1, 0.15) is 18.2 Å². The minimum absolute atomic E-state index is 0.128. The number of methoxy groups -OCH3 is 1. The van der Waals surface area contributed by atoms with E-state index in [0.717, 1.165) is 30.5 Å². The average Bonchev–Trinajstić information content (AvgIpc) is 3.09. The summed E-state index contributed by atoms with van der Waals surface area (Å²) in [7, 11) is 1.47. The smallest absolute Gasteiger partial charge is 0.411 e. The molecular formula is C21H23F4NO2. The van der Waals surface area contributed by atoms with Crippen LogP contribution in [0.15, 0.2) is 42.5 Å². The molecule has 0 radical (unpaired) electrons. The van der Waals surface area contributed by atoms with Crippen molar-refractivity contribution in [3.05, 3.63) is 65.0 Å². The summed E-state index contributed by atoms with van der Waals surface area (Å²) in [6.07, 6.45) is -2.40. The highest BCUT2D eigenvalue weighted by Gasteiger charge is 2.28. The highest BCUT2D eigenvalue weighted by Crippen LogP contribution is 2.34. The first-order chi connectivity index (χ1) is 13.4. The number of nitrogens with zero attached hydrogens (tertiary/aromatic N) is 1. The maximum absolute atomic E-state index is 13.6. The van der Waals surface area contributed by atoms with Gasteiger partial charge in [0.25, 0.3) is 0 Å². The number of rotatable bonds is 7. The molecule has 0 N–H and O–H groups in total. The summed E-state index contributed by atoms with van der Waals surface area (Å²) < 4.78 is 60.6. The van der Waals surface area contributed by atoms with E-state index in [0.29, 0.717) is 17.9 Å². The molecule has 0 aromatic heterocycles. The predicted molar refractivity (Wildman–Crippen MR) is 97.5 cm³/mol. The van der Waals surface area contributed by atoms with E-state index < -0.39 is 12.8 Å². The third-order valence-electron chi connectivity index (χ3n) is 4.85. The first kappa shape index (κ1) is 20.6. The van der Waals surface area contributed by atoms with E-state index in [1.165, 1.54) is 13.2 Å². The van der Waals surface area contributed by atoms with Gasteiger partial charge in [0.05, 0.1) is 13.7 Å². The third-order valence-corrected chi connectivity index (χ3v) is 4.85. The van der Waals surface area contributed by atoms with Crippen LogP contribution < -0.4 is 4.74 Å². The molecule has 1 aliphatic heterocycles. The minimum atomic E-state index is -4.36. The molecule has 0 amide bonds. The van der Waals surface area contributed by atoms with Crippen LogP contribution in [-0.2, 0) is 17.9 Å². The van der Waals surface area contributed by atoms with Gasteiger partial charge in [-0.15, -0.1) is 0 Å². The number of likely N-dealkylation sites (tertiary alicyclic amines) is 1. The molecular weight excluding hydrogens is 374 g/mol. The van der Waals surface area contributed by atoms with Crippen molar-refractivity contribution >= 4 is 0 Å². The fraction of sp³-hybridized carbons (Fsp3) is 0.429. The molecule has 1 heterocycles. The quantitative estimate of drug-likeness (QED) is 0.596. The maximum Gasteiger partial charge on any atom is 0.411 e. The lowest BCUT2D eigenvalue weighted by atomic mass is 10.0. The lowest BCUT2D eigenvalue weighted by Crippen LogP contribution is -2.23. The van der Waals surface area contributed by atoms with Gasteiger partial charge in [-0.1, -0.05) is 18.2 Å². The van der Waals surface area contributed by atoms with Crippen molar-refractivity contribution < 1.29 is 27.0 Å². The van der Waals surface area contributed by atoms with E-state index in [-0.39, 0.29) is 18.5 Å². The van der Waals surface area contributed by atoms with Crippen LogP contribution in [0.2, 0.25) is 0 Å². The highest BCUT2D eigenvalue weighted by molar-refractivity contribution is 5.37. The van der Waals surface area contributed by atoms with Gasteiger partial charge in [-0.05, 0) is 54.8 Å². The van der Waals surface area contributed by atoms with E-state index in [1.807, 2.05) is 18.2 Å². The number of halogens is 4. The molecule has 1 atom stereocenters. The SMILES string of the molecule is COc1ccc(CN2CCCC2c2cccc(F)c2)cc1COCC(F)(F)F. The van der Waals surface area contributed by atoms with E-state index in [4.69, 9.17) is 9.47 Å². The summed E-state index contributed by atoms with van der Waals surface area (Å²) in [5, 5.41) is 0. The fourth-order valence-electron chi connectivity index (χ4n) is 3.66. The molecule has 0 saturated carbocycles. The number of benzene rings is 2. The topological polar surface area (TPSA) is 21.7 Å². The van der Waals surface area contributed by atoms with E-state index >= 15 is 0 Å². The Morgan fingerprint density at radius 1 is 1.14 bits per heavy atom. The molecule has 0 aliphatic carbocycles. The molecule has 0 bridgehead atoms. The molecule has 1 fully saturated rings. The molecule has 1 saturated heterocycles. The van der Waals surface area contributed by atoms with Crippen molar-refractivity contribution in [2.24, 2.45) is 0 Å². The number of alkyl halides is 3. The highest BCUT2D eigenvalue weighted by atomic mass is 19.4. The van der Waals surface area contributed by atoms with Gasteiger partial charge in [0, 0.05) is 18.2 Å².